The number of nitro benzene ring substituents is 1. The quantitative estimate of drug-likeness (QED) is 0.515. The van der Waals surface area contributed by atoms with Crippen LogP contribution in [-0.4, -0.2) is 28.3 Å². The van der Waals surface area contributed by atoms with Crippen LogP contribution in [0.25, 0.3) is 10.9 Å². The van der Waals surface area contributed by atoms with Gasteiger partial charge in [0.15, 0.2) is 0 Å². The molecule has 2 amide bonds. The van der Waals surface area contributed by atoms with Crippen LogP contribution in [0.2, 0.25) is 0 Å². The first-order valence-corrected chi connectivity index (χ1v) is 8.20. The second-order valence-electron chi connectivity index (χ2n) is 5.77. The monoisotopic (exact) mass is 364 g/mol. The number of fused-ring (bicyclic) bond motifs is 1. The van der Waals surface area contributed by atoms with Gasteiger partial charge >= 0.3 is 0 Å². The molecule has 3 rings (SSSR count). The Bertz CT molecular complexity index is 1000. The normalized spacial score (nSPS) is 10.4. The molecule has 1 heterocycles. The minimum absolute atomic E-state index is 0.0880. The number of para-hydroxylation sites is 1. The van der Waals surface area contributed by atoms with E-state index in [-0.39, 0.29) is 24.6 Å². The van der Waals surface area contributed by atoms with Crippen LogP contribution < -0.4 is 10.6 Å². The number of anilines is 1. The van der Waals surface area contributed by atoms with Crippen molar-refractivity contribution in [1.82, 2.24) is 10.3 Å². The van der Waals surface area contributed by atoms with Gasteiger partial charge in [0.1, 0.15) is 0 Å². The number of nitrogens with one attached hydrogen (secondary N) is 2. The van der Waals surface area contributed by atoms with Gasteiger partial charge in [-0.2, -0.15) is 0 Å². The maximum absolute atomic E-state index is 12.0. The average molecular weight is 364 g/mol. The van der Waals surface area contributed by atoms with Crippen molar-refractivity contribution in [2.75, 3.05) is 11.9 Å². The predicted octanol–water partition coefficient (Wildman–Crippen LogP) is 2.90. The number of carbonyl (C=O) groups is 2. The van der Waals surface area contributed by atoms with Crippen molar-refractivity contribution >= 4 is 34.1 Å². The van der Waals surface area contributed by atoms with E-state index in [1.165, 1.54) is 24.3 Å². The highest BCUT2D eigenvalue weighted by Gasteiger charge is 2.10. The molecular formula is C19H16N4O4. The molecule has 0 bridgehead atoms. The van der Waals surface area contributed by atoms with Gasteiger partial charge < -0.3 is 10.6 Å². The largest absolute Gasteiger partial charge is 0.352 e. The summed E-state index contributed by atoms with van der Waals surface area (Å²) in [5.41, 5.74) is 1.63. The molecule has 0 saturated heterocycles. The molecule has 0 spiro atoms. The molecule has 0 radical (unpaired) electrons. The summed E-state index contributed by atoms with van der Waals surface area (Å²) in [5.74, 6) is -0.652. The first kappa shape index (κ1) is 18.0. The molecular weight excluding hydrogens is 348 g/mol. The van der Waals surface area contributed by atoms with Crippen LogP contribution in [-0.2, 0) is 4.79 Å². The van der Waals surface area contributed by atoms with Gasteiger partial charge in [-0.1, -0.05) is 18.2 Å². The Morgan fingerprint density at radius 1 is 1.07 bits per heavy atom. The molecule has 0 saturated carbocycles. The summed E-state index contributed by atoms with van der Waals surface area (Å²) in [6.45, 7) is 0.142. The zero-order chi connectivity index (χ0) is 19.2. The van der Waals surface area contributed by atoms with E-state index in [0.717, 1.165) is 10.9 Å². The smallest absolute Gasteiger partial charge is 0.269 e. The number of pyridine rings is 1. The maximum atomic E-state index is 12.0. The van der Waals surface area contributed by atoms with E-state index in [2.05, 4.69) is 15.6 Å². The number of amides is 2. The van der Waals surface area contributed by atoms with Crippen LogP contribution in [0.3, 0.4) is 0 Å². The molecule has 136 valence electrons. The van der Waals surface area contributed by atoms with Gasteiger partial charge in [0.05, 0.1) is 22.3 Å². The zero-order valence-corrected chi connectivity index (χ0v) is 14.2. The molecule has 8 nitrogen and oxygen atoms in total. The van der Waals surface area contributed by atoms with E-state index in [0.29, 0.717) is 11.3 Å². The highest BCUT2D eigenvalue weighted by Crippen LogP contribution is 2.16. The molecule has 8 heteroatoms. The highest BCUT2D eigenvalue weighted by molar-refractivity contribution is 5.96. The third kappa shape index (κ3) is 4.63. The Morgan fingerprint density at radius 2 is 1.81 bits per heavy atom. The molecule has 0 aliphatic carbocycles. The fourth-order valence-corrected chi connectivity index (χ4v) is 2.49. The summed E-state index contributed by atoms with van der Waals surface area (Å²) in [6, 6.07) is 14.7. The zero-order valence-electron chi connectivity index (χ0n) is 14.2. The summed E-state index contributed by atoms with van der Waals surface area (Å²) in [6.07, 6.45) is 1.67. The number of nitro groups is 1. The standard InChI is InChI=1S/C19H16N4O4/c24-18(22-15-11-14-3-1-2-4-17(14)21-12-15)9-10-20-19(25)13-5-7-16(8-6-13)23(26)27/h1-8,11-12H,9-10H2,(H,20,25)(H,22,24). The van der Waals surface area contributed by atoms with E-state index < -0.39 is 10.8 Å². The van der Waals surface area contributed by atoms with E-state index in [1.54, 1.807) is 6.20 Å². The molecule has 0 aliphatic heterocycles. The molecule has 0 atom stereocenters. The summed E-state index contributed by atoms with van der Waals surface area (Å²) in [5, 5.41) is 16.9. The van der Waals surface area contributed by atoms with E-state index >= 15 is 0 Å². The summed E-state index contributed by atoms with van der Waals surface area (Å²) < 4.78 is 0. The SMILES string of the molecule is O=C(CCNC(=O)c1ccc([N+](=O)[O-])cc1)Nc1cnc2ccccc2c1. The molecule has 3 aromatic rings. The third-order valence-electron chi connectivity index (χ3n) is 3.85. The molecule has 0 fully saturated rings. The van der Waals surface area contributed by atoms with E-state index in [1.807, 2.05) is 30.3 Å². The molecule has 2 aromatic carbocycles. The lowest BCUT2D eigenvalue weighted by molar-refractivity contribution is -0.384. The van der Waals surface area contributed by atoms with Gasteiger partial charge in [0.2, 0.25) is 5.91 Å². The minimum atomic E-state index is -0.534. The van der Waals surface area contributed by atoms with Gasteiger partial charge in [-0.3, -0.25) is 24.7 Å². The number of benzene rings is 2. The topological polar surface area (TPSA) is 114 Å². The minimum Gasteiger partial charge on any atom is -0.352 e. The van der Waals surface area contributed by atoms with Crippen LogP contribution in [0.5, 0.6) is 0 Å². The molecule has 0 aliphatic rings. The second kappa shape index (κ2) is 8.05. The fourth-order valence-electron chi connectivity index (χ4n) is 2.49. The van der Waals surface area contributed by atoms with Gasteiger partial charge in [-0.15, -0.1) is 0 Å². The first-order chi connectivity index (χ1) is 13.0. The van der Waals surface area contributed by atoms with Crippen molar-refractivity contribution in [3.05, 3.63) is 76.5 Å². The molecule has 0 unspecified atom stereocenters. The summed E-state index contributed by atoms with van der Waals surface area (Å²) in [7, 11) is 0. The Balaban J connectivity index is 1.49. The first-order valence-electron chi connectivity index (χ1n) is 8.20. The predicted molar refractivity (Wildman–Crippen MR) is 100 cm³/mol. The molecule has 1 aromatic heterocycles. The van der Waals surface area contributed by atoms with E-state index in [4.69, 9.17) is 0 Å². The Morgan fingerprint density at radius 3 is 2.56 bits per heavy atom. The Labute approximate surface area is 154 Å². The van der Waals surface area contributed by atoms with Crippen molar-refractivity contribution in [3.8, 4) is 0 Å². The lowest BCUT2D eigenvalue weighted by atomic mass is 10.2. The molecule has 27 heavy (non-hydrogen) atoms. The summed E-state index contributed by atoms with van der Waals surface area (Å²) in [4.78, 5) is 38.4. The van der Waals surface area contributed by atoms with Gasteiger partial charge in [-0.25, -0.2) is 0 Å². The van der Waals surface area contributed by atoms with Crippen LogP contribution in [0.4, 0.5) is 11.4 Å². The average Bonchev–Trinajstić information content (AvgIpc) is 2.68. The van der Waals surface area contributed by atoms with Gasteiger partial charge in [0, 0.05) is 36.0 Å². The summed E-state index contributed by atoms with van der Waals surface area (Å²) >= 11 is 0. The highest BCUT2D eigenvalue weighted by atomic mass is 16.6. The maximum Gasteiger partial charge on any atom is 0.269 e. The number of aromatic nitrogens is 1. The lowest BCUT2D eigenvalue weighted by Crippen LogP contribution is -2.27. The van der Waals surface area contributed by atoms with Crippen LogP contribution in [0.1, 0.15) is 16.8 Å². The number of non-ortho nitro benzene ring substituents is 1. The van der Waals surface area contributed by atoms with Crippen molar-refractivity contribution in [1.29, 1.82) is 0 Å². The van der Waals surface area contributed by atoms with Gasteiger partial charge in [-0.05, 0) is 24.3 Å². The number of nitrogens with zero attached hydrogens (tertiary/aromatic N) is 2. The molecule has 2 N–H and O–H groups in total. The van der Waals surface area contributed by atoms with E-state index in [9.17, 15) is 19.7 Å². The van der Waals surface area contributed by atoms with Crippen molar-refractivity contribution in [2.24, 2.45) is 0 Å². The van der Waals surface area contributed by atoms with Crippen LogP contribution >= 0.6 is 0 Å². The number of carbonyl (C=O) groups excluding carboxylic acids is 2. The number of rotatable bonds is 6. The Hall–Kier alpha value is -3.81. The van der Waals surface area contributed by atoms with Crippen molar-refractivity contribution < 1.29 is 14.5 Å². The fraction of sp³-hybridized carbons (Fsp3) is 0.105. The van der Waals surface area contributed by atoms with Crippen LogP contribution in [0.15, 0.2) is 60.8 Å². The second-order valence-corrected chi connectivity index (χ2v) is 5.77. The number of hydrogen-bond donors (Lipinski definition) is 2. The lowest BCUT2D eigenvalue weighted by Gasteiger charge is -2.07. The Kier molecular flexibility index (Phi) is 5.36. The van der Waals surface area contributed by atoms with Gasteiger partial charge in [0.25, 0.3) is 11.6 Å². The van der Waals surface area contributed by atoms with Crippen LogP contribution in [0, 0.1) is 10.1 Å². The van der Waals surface area contributed by atoms with Crippen molar-refractivity contribution in [2.45, 2.75) is 6.42 Å². The third-order valence-corrected chi connectivity index (χ3v) is 3.85. The number of hydrogen-bond acceptors (Lipinski definition) is 5. The van der Waals surface area contributed by atoms with Crippen molar-refractivity contribution in [3.63, 3.8) is 0 Å².